The van der Waals surface area contributed by atoms with Crippen LogP contribution >= 0.6 is 0 Å². The zero-order valence-corrected chi connectivity index (χ0v) is 29.2. The fourth-order valence-electron chi connectivity index (χ4n) is 6.07. The van der Waals surface area contributed by atoms with Gasteiger partial charge in [0.25, 0.3) is 15.9 Å². The molecule has 1 aliphatic heterocycles. The summed E-state index contributed by atoms with van der Waals surface area (Å²) in [5.41, 5.74) is 0.348. The molecule has 3 amide bonds. The van der Waals surface area contributed by atoms with Gasteiger partial charge in [-0.15, -0.1) is 0 Å². The minimum atomic E-state index is -4.02. The van der Waals surface area contributed by atoms with Crippen LogP contribution in [0.15, 0.2) is 35.7 Å². The van der Waals surface area contributed by atoms with Gasteiger partial charge in [0.15, 0.2) is 5.03 Å². The molecule has 3 N–H and O–H groups in total. The Labute approximate surface area is 279 Å². The number of aliphatic hydroxyl groups excluding tert-OH is 1. The van der Waals surface area contributed by atoms with Gasteiger partial charge in [-0.1, -0.05) is 26.2 Å². The van der Waals surface area contributed by atoms with Crippen molar-refractivity contribution in [3.8, 4) is 5.75 Å². The number of imidazole rings is 1. The summed E-state index contributed by atoms with van der Waals surface area (Å²) in [7, 11) is -0.577. The summed E-state index contributed by atoms with van der Waals surface area (Å²) in [5.74, 6) is -0.302. The Morgan fingerprint density at radius 3 is 2.55 bits per heavy atom. The Hall–Kier alpha value is -3.36. The van der Waals surface area contributed by atoms with Gasteiger partial charge >= 0.3 is 6.03 Å². The number of hydrogen-bond acceptors (Lipinski definition) is 8. The van der Waals surface area contributed by atoms with Crippen LogP contribution in [0.25, 0.3) is 0 Å². The fourth-order valence-corrected chi connectivity index (χ4v) is 7.10. The fraction of sp³-hybridized carbons (Fsp3) is 0.667. The molecule has 0 saturated heterocycles. The molecule has 1 aromatic carbocycles. The van der Waals surface area contributed by atoms with Crippen molar-refractivity contribution < 1.29 is 32.6 Å². The van der Waals surface area contributed by atoms with Gasteiger partial charge in [0.1, 0.15) is 5.75 Å². The van der Waals surface area contributed by atoms with Crippen molar-refractivity contribution in [2.75, 3.05) is 38.1 Å². The average molecular weight is 677 g/mol. The van der Waals surface area contributed by atoms with Crippen molar-refractivity contribution in [1.29, 1.82) is 0 Å². The van der Waals surface area contributed by atoms with Gasteiger partial charge in [0.2, 0.25) is 0 Å². The smallest absolute Gasteiger partial charge is 0.317 e. The van der Waals surface area contributed by atoms with E-state index < -0.39 is 22.0 Å². The molecule has 1 fully saturated rings. The molecule has 0 spiro atoms. The molecule has 13 nitrogen and oxygen atoms in total. The summed E-state index contributed by atoms with van der Waals surface area (Å²) >= 11 is 0. The van der Waals surface area contributed by atoms with Crippen LogP contribution in [-0.4, -0.2) is 102 Å². The van der Waals surface area contributed by atoms with E-state index in [-0.39, 0.29) is 59.6 Å². The lowest BCUT2D eigenvalue weighted by atomic mass is 9.96. The van der Waals surface area contributed by atoms with Crippen molar-refractivity contribution in [3.05, 3.63) is 36.3 Å². The van der Waals surface area contributed by atoms with Crippen LogP contribution in [0.2, 0.25) is 0 Å². The van der Waals surface area contributed by atoms with Gasteiger partial charge in [-0.05, 0) is 64.2 Å². The second kappa shape index (κ2) is 16.6. The Kier molecular flexibility index (Phi) is 12.9. The number of anilines is 1. The first kappa shape index (κ1) is 36.5. The molecule has 2 aromatic rings. The Morgan fingerprint density at radius 2 is 1.87 bits per heavy atom. The van der Waals surface area contributed by atoms with E-state index in [4.69, 9.17) is 9.47 Å². The zero-order chi connectivity index (χ0) is 34.1. The molecule has 2 heterocycles. The van der Waals surface area contributed by atoms with E-state index in [1.807, 2.05) is 13.8 Å². The van der Waals surface area contributed by atoms with Crippen molar-refractivity contribution in [3.63, 3.8) is 0 Å². The number of carbonyl (C=O) groups is 2. The summed E-state index contributed by atoms with van der Waals surface area (Å²) in [6.45, 7) is 6.44. The van der Waals surface area contributed by atoms with E-state index in [1.165, 1.54) is 29.6 Å². The molecule has 0 radical (unpaired) electrons. The summed E-state index contributed by atoms with van der Waals surface area (Å²) in [5, 5.41) is 13.2. The molecule has 0 bridgehead atoms. The number of hydrogen-bond donors (Lipinski definition) is 3. The number of aliphatic hydroxyl groups is 1. The number of aromatic nitrogens is 2. The van der Waals surface area contributed by atoms with Crippen LogP contribution in [0, 0.1) is 5.92 Å². The maximum atomic E-state index is 14.3. The third-order valence-corrected chi connectivity index (χ3v) is 10.3. The number of rotatable bonds is 8. The van der Waals surface area contributed by atoms with Crippen LogP contribution in [0.5, 0.6) is 5.75 Å². The van der Waals surface area contributed by atoms with Gasteiger partial charge in [0, 0.05) is 57.6 Å². The molecular weight excluding hydrogens is 624 g/mol. The first-order chi connectivity index (χ1) is 22.4. The number of benzene rings is 1. The molecule has 1 aromatic heterocycles. The first-order valence-electron chi connectivity index (χ1n) is 16.7. The summed E-state index contributed by atoms with van der Waals surface area (Å²) in [4.78, 5) is 34.6. The molecular formula is C33H52N6O7S. The lowest BCUT2D eigenvalue weighted by Gasteiger charge is -2.36. The van der Waals surface area contributed by atoms with E-state index in [2.05, 4.69) is 15.0 Å². The molecule has 47 heavy (non-hydrogen) atoms. The van der Waals surface area contributed by atoms with E-state index >= 15 is 0 Å². The topological polar surface area (TPSA) is 155 Å². The second-order valence-corrected chi connectivity index (χ2v) is 14.8. The van der Waals surface area contributed by atoms with Crippen molar-refractivity contribution in [2.45, 2.75) is 101 Å². The third kappa shape index (κ3) is 10.1. The van der Waals surface area contributed by atoms with Crippen LogP contribution in [0.4, 0.5) is 10.5 Å². The number of sulfonamides is 1. The summed E-state index contributed by atoms with van der Waals surface area (Å²) < 4.78 is 42.8. The maximum Gasteiger partial charge on any atom is 0.317 e. The van der Waals surface area contributed by atoms with Crippen molar-refractivity contribution >= 4 is 27.6 Å². The SMILES string of the molecule is C[C@@H]1CCCCO[C@H](CN(C)C(=O)NC2CCCCC2)[C@H](C)CN([C@H](C)CO)C(=O)c2cc(NS(=O)(=O)c3cn(C)cn3)ccc2O1. The highest BCUT2D eigenvalue weighted by molar-refractivity contribution is 7.92. The summed E-state index contributed by atoms with van der Waals surface area (Å²) in [6, 6.07) is 4.11. The molecule has 0 unspecified atom stereocenters. The quantitative estimate of drug-likeness (QED) is 0.379. The van der Waals surface area contributed by atoms with Gasteiger partial charge in [0.05, 0.1) is 36.7 Å². The molecule has 1 saturated carbocycles. The standard InChI is InChI=1S/C33H52N6O7S/c1-23-18-39(24(2)21-40)32(41)28-17-27(36-47(43,44)31-20-37(4)22-34-31)14-15-29(28)46-25(3)11-9-10-16-45-30(23)19-38(5)33(42)35-26-12-7-6-8-13-26/h14-15,17,20,22-26,30,36,40H,6-13,16,18-19,21H2,1-5H3,(H,35,42)/t23-,24-,25-,30-/m1/s1. The molecule has 14 heteroatoms. The number of amides is 3. The van der Waals surface area contributed by atoms with Crippen molar-refractivity contribution in [2.24, 2.45) is 13.0 Å². The van der Waals surface area contributed by atoms with Gasteiger partial charge in [-0.2, -0.15) is 8.42 Å². The molecule has 262 valence electrons. The number of aryl methyl sites for hydroxylation is 1. The lowest BCUT2D eigenvalue weighted by Crippen LogP contribution is -2.50. The number of urea groups is 1. The highest BCUT2D eigenvalue weighted by Crippen LogP contribution is 2.29. The van der Waals surface area contributed by atoms with E-state index in [0.717, 1.165) is 38.5 Å². The number of nitrogens with zero attached hydrogens (tertiary/aromatic N) is 4. The maximum absolute atomic E-state index is 14.3. The number of likely N-dealkylation sites (N-methyl/N-ethyl adjacent to an activating group) is 1. The average Bonchev–Trinajstić information content (AvgIpc) is 3.50. The van der Waals surface area contributed by atoms with E-state index in [0.29, 0.717) is 25.3 Å². The van der Waals surface area contributed by atoms with Gasteiger partial charge in [-0.25, -0.2) is 9.78 Å². The summed E-state index contributed by atoms with van der Waals surface area (Å²) in [6.07, 6.45) is 9.95. The highest BCUT2D eigenvalue weighted by atomic mass is 32.2. The van der Waals surface area contributed by atoms with Gasteiger partial charge in [-0.3, -0.25) is 9.52 Å². The van der Waals surface area contributed by atoms with Crippen LogP contribution in [0.1, 0.15) is 82.5 Å². The van der Waals surface area contributed by atoms with Crippen LogP contribution in [0.3, 0.4) is 0 Å². The molecule has 1 aliphatic carbocycles. The van der Waals surface area contributed by atoms with Gasteiger partial charge < -0.3 is 34.3 Å². The van der Waals surface area contributed by atoms with E-state index in [1.54, 1.807) is 43.0 Å². The molecule has 2 aliphatic rings. The molecule has 4 atom stereocenters. The Morgan fingerprint density at radius 1 is 1.15 bits per heavy atom. The van der Waals surface area contributed by atoms with Crippen LogP contribution < -0.4 is 14.8 Å². The minimum absolute atomic E-state index is 0.135. The predicted octanol–water partition coefficient (Wildman–Crippen LogP) is 3.99. The monoisotopic (exact) mass is 676 g/mol. The Bertz CT molecular complexity index is 1440. The number of ether oxygens (including phenoxy) is 2. The van der Waals surface area contributed by atoms with E-state index in [9.17, 15) is 23.1 Å². The zero-order valence-electron chi connectivity index (χ0n) is 28.4. The van der Waals surface area contributed by atoms with Crippen molar-refractivity contribution in [1.82, 2.24) is 24.7 Å². The first-order valence-corrected chi connectivity index (χ1v) is 18.2. The third-order valence-electron chi connectivity index (χ3n) is 8.99. The number of fused-ring (bicyclic) bond motifs is 1. The normalized spacial score (nSPS) is 22.8. The highest BCUT2D eigenvalue weighted by Gasteiger charge is 2.31. The Balaban J connectivity index is 1.60. The number of carbonyl (C=O) groups excluding carboxylic acids is 2. The van der Waals surface area contributed by atoms with Crippen LogP contribution in [-0.2, 0) is 21.8 Å². The lowest BCUT2D eigenvalue weighted by molar-refractivity contribution is -0.0123. The number of nitrogens with one attached hydrogen (secondary N) is 2. The predicted molar refractivity (Wildman–Crippen MR) is 179 cm³/mol. The minimum Gasteiger partial charge on any atom is -0.490 e. The second-order valence-electron chi connectivity index (χ2n) is 13.2. The molecule has 4 rings (SSSR count). The largest absolute Gasteiger partial charge is 0.490 e.